The number of anilines is 1. The highest BCUT2D eigenvalue weighted by atomic mass is 32.2. The smallest absolute Gasteiger partial charge is 0.265 e. The van der Waals surface area contributed by atoms with Gasteiger partial charge in [-0.25, -0.2) is 0 Å². The number of amides is 1. The number of carbonyl (C=O) groups excluding carboxylic acids is 1. The van der Waals surface area contributed by atoms with E-state index in [1.807, 2.05) is 54.8 Å². The van der Waals surface area contributed by atoms with E-state index in [0.29, 0.717) is 5.92 Å². The second-order valence-electron chi connectivity index (χ2n) is 5.64. The van der Waals surface area contributed by atoms with E-state index in [9.17, 15) is 4.79 Å². The minimum atomic E-state index is -0.565. The van der Waals surface area contributed by atoms with Gasteiger partial charge in [0.05, 0.1) is 5.69 Å². The molecule has 2 aromatic carbocycles. The molecule has 23 heavy (non-hydrogen) atoms. The Morgan fingerprint density at radius 3 is 2.39 bits per heavy atom. The third kappa shape index (κ3) is 4.52. The Kier molecular flexibility index (Phi) is 6.11. The highest BCUT2D eigenvalue weighted by molar-refractivity contribution is 7.98. The van der Waals surface area contributed by atoms with Gasteiger partial charge in [0, 0.05) is 4.90 Å². The van der Waals surface area contributed by atoms with Gasteiger partial charge in [0.25, 0.3) is 5.91 Å². The lowest BCUT2D eigenvalue weighted by Gasteiger charge is -2.19. The largest absolute Gasteiger partial charge is 0.481 e. The molecule has 122 valence electrons. The molecule has 0 aliphatic rings. The van der Waals surface area contributed by atoms with Gasteiger partial charge in [-0.2, -0.15) is 0 Å². The zero-order chi connectivity index (χ0) is 16.8. The first-order chi connectivity index (χ1) is 11.0. The fourth-order valence-corrected chi connectivity index (χ4v) is 2.84. The normalized spacial score (nSPS) is 12.0. The van der Waals surface area contributed by atoms with Gasteiger partial charge >= 0.3 is 0 Å². The molecule has 0 aliphatic carbocycles. The summed E-state index contributed by atoms with van der Waals surface area (Å²) in [6, 6.07) is 15.6. The van der Waals surface area contributed by atoms with E-state index in [-0.39, 0.29) is 5.91 Å². The summed E-state index contributed by atoms with van der Waals surface area (Å²) in [4.78, 5) is 13.5. The molecule has 1 atom stereocenters. The van der Waals surface area contributed by atoms with Gasteiger partial charge in [-0.15, -0.1) is 11.8 Å². The summed E-state index contributed by atoms with van der Waals surface area (Å²) in [6.45, 7) is 6.00. The number of nitrogens with one attached hydrogen (secondary N) is 1. The predicted octanol–water partition coefficient (Wildman–Crippen LogP) is 4.94. The van der Waals surface area contributed by atoms with Crippen molar-refractivity contribution in [2.24, 2.45) is 0 Å². The van der Waals surface area contributed by atoms with Crippen molar-refractivity contribution >= 4 is 23.4 Å². The SMILES string of the molecule is CSc1ccccc1NC(=O)[C@@H](C)Oc1ccccc1C(C)C. The molecule has 0 bridgehead atoms. The summed E-state index contributed by atoms with van der Waals surface area (Å²) in [6.07, 6.45) is 1.42. The van der Waals surface area contributed by atoms with Gasteiger partial charge in [0.15, 0.2) is 6.10 Å². The molecule has 0 aliphatic heterocycles. The van der Waals surface area contributed by atoms with E-state index in [0.717, 1.165) is 21.9 Å². The number of benzene rings is 2. The molecule has 0 unspecified atom stereocenters. The molecular formula is C19H23NO2S. The summed E-state index contributed by atoms with van der Waals surface area (Å²) < 4.78 is 5.90. The molecule has 0 aromatic heterocycles. The number of hydrogen-bond donors (Lipinski definition) is 1. The zero-order valence-electron chi connectivity index (χ0n) is 14.0. The van der Waals surface area contributed by atoms with Crippen LogP contribution in [-0.4, -0.2) is 18.3 Å². The Labute approximate surface area is 142 Å². The van der Waals surface area contributed by atoms with Gasteiger partial charge in [-0.05, 0) is 42.9 Å². The van der Waals surface area contributed by atoms with Crippen molar-refractivity contribution in [2.45, 2.75) is 37.7 Å². The Morgan fingerprint density at radius 1 is 1.04 bits per heavy atom. The van der Waals surface area contributed by atoms with Crippen molar-refractivity contribution in [3.63, 3.8) is 0 Å². The second-order valence-corrected chi connectivity index (χ2v) is 6.49. The molecule has 2 rings (SSSR count). The van der Waals surface area contributed by atoms with Crippen molar-refractivity contribution in [1.82, 2.24) is 0 Å². The van der Waals surface area contributed by atoms with Crippen LogP contribution in [0.3, 0.4) is 0 Å². The van der Waals surface area contributed by atoms with Crippen molar-refractivity contribution in [2.75, 3.05) is 11.6 Å². The first-order valence-electron chi connectivity index (χ1n) is 7.72. The minimum absolute atomic E-state index is 0.148. The number of ether oxygens (including phenoxy) is 1. The van der Waals surface area contributed by atoms with E-state index in [1.54, 1.807) is 18.7 Å². The zero-order valence-corrected chi connectivity index (χ0v) is 14.8. The van der Waals surface area contributed by atoms with Gasteiger partial charge in [-0.1, -0.05) is 44.2 Å². The van der Waals surface area contributed by atoms with Crippen LogP contribution in [0.15, 0.2) is 53.4 Å². The standard InChI is InChI=1S/C19H23NO2S/c1-13(2)15-9-5-7-11-17(15)22-14(3)19(21)20-16-10-6-8-12-18(16)23-4/h5-14H,1-4H3,(H,20,21)/t14-/m1/s1. The molecule has 1 N–H and O–H groups in total. The fraction of sp³-hybridized carbons (Fsp3) is 0.316. The molecule has 0 saturated carbocycles. The van der Waals surface area contributed by atoms with Crippen LogP contribution in [0.2, 0.25) is 0 Å². The third-order valence-electron chi connectivity index (χ3n) is 3.58. The van der Waals surface area contributed by atoms with Crippen LogP contribution < -0.4 is 10.1 Å². The van der Waals surface area contributed by atoms with Crippen LogP contribution in [0.4, 0.5) is 5.69 Å². The highest BCUT2D eigenvalue weighted by Gasteiger charge is 2.18. The summed E-state index contributed by atoms with van der Waals surface area (Å²) in [5.41, 5.74) is 1.93. The number of hydrogen-bond acceptors (Lipinski definition) is 3. The molecule has 2 aromatic rings. The van der Waals surface area contributed by atoms with Gasteiger partial charge in [0.1, 0.15) is 5.75 Å². The number of para-hydroxylation sites is 2. The van der Waals surface area contributed by atoms with Crippen molar-refractivity contribution in [3.8, 4) is 5.75 Å². The topological polar surface area (TPSA) is 38.3 Å². The van der Waals surface area contributed by atoms with Crippen molar-refractivity contribution in [1.29, 1.82) is 0 Å². The van der Waals surface area contributed by atoms with E-state index >= 15 is 0 Å². The molecule has 0 saturated heterocycles. The van der Waals surface area contributed by atoms with E-state index < -0.39 is 6.10 Å². The molecule has 3 nitrogen and oxygen atoms in total. The fourth-order valence-electron chi connectivity index (χ4n) is 2.29. The third-order valence-corrected chi connectivity index (χ3v) is 4.37. The predicted molar refractivity (Wildman–Crippen MR) is 97.5 cm³/mol. The van der Waals surface area contributed by atoms with Crippen LogP contribution in [0.25, 0.3) is 0 Å². The first kappa shape index (κ1) is 17.4. The molecule has 4 heteroatoms. The average molecular weight is 329 g/mol. The lowest BCUT2D eigenvalue weighted by atomic mass is 10.0. The summed E-state index contributed by atoms with van der Waals surface area (Å²) in [5, 5.41) is 2.95. The van der Waals surface area contributed by atoms with Gasteiger partial charge in [-0.3, -0.25) is 4.79 Å². The Hall–Kier alpha value is -1.94. The summed E-state index contributed by atoms with van der Waals surface area (Å²) in [5.74, 6) is 0.965. The Bertz CT molecular complexity index is 670. The van der Waals surface area contributed by atoms with Gasteiger partial charge in [0.2, 0.25) is 0 Å². The Morgan fingerprint density at radius 2 is 1.70 bits per heavy atom. The first-order valence-corrected chi connectivity index (χ1v) is 8.95. The maximum atomic E-state index is 12.4. The average Bonchev–Trinajstić information content (AvgIpc) is 2.55. The van der Waals surface area contributed by atoms with E-state index in [4.69, 9.17) is 4.74 Å². The lowest BCUT2D eigenvalue weighted by molar-refractivity contribution is -0.122. The molecule has 0 radical (unpaired) electrons. The molecule has 0 heterocycles. The monoisotopic (exact) mass is 329 g/mol. The quantitative estimate of drug-likeness (QED) is 0.763. The van der Waals surface area contributed by atoms with Crippen LogP contribution in [0.1, 0.15) is 32.3 Å². The highest BCUT2D eigenvalue weighted by Crippen LogP contribution is 2.28. The maximum absolute atomic E-state index is 12.4. The van der Waals surface area contributed by atoms with Gasteiger partial charge < -0.3 is 10.1 Å². The van der Waals surface area contributed by atoms with E-state index in [2.05, 4.69) is 19.2 Å². The molecule has 1 amide bonds. The number of carbonyl (C=O) groups is 1. The Balaban J connectivity index is 2.09. The second kappa shape index (κ2) is 8.06. The van der Waals surface area contributed by atoms with E-state index in [1.165, 1.54) is 0 Å². The van der Waals surface area contributed by atoms with Crippen molar-refractivity contribution in [3.05, 3.63) is 54.1 Å². The summed E-state index contributed by atoms with van der Waals surface area (Å²) >= 11 is 1.60. The van der Waals surface area contributed by atoms with Crippen LogP contribution in [0.5, 0.6) is 5.75 Å². The number of thioether (sulfide) groups is 1. The van der Waals surface area contributed by atoms with Crippen molar-refractivity contribution < 1.29 is 9.53 Å². The number of rotatable bonds is 6. The minimum Gasteiger partial charge on any atom is -0.481 e. The molecule has 0 fully saturated rings. The lowest BCUT2D eigenvalue weighted by Crippen LogP contribution is -2.30. The van der Waals surface area contributed by atoms with Crippen LogP contribution in [0, 0.1) is 0 Å². The molecular weight excluding hydrogens is 306 g/mol. The summed E-state index contributed by atoms with van der Waals surface area (Å²) in [7, 11) is 0. The van der Waals surface area contributed by atoms with Crippen LogP contribution >= 0.6 is 11.8 Å². The molecule has 0 spiro atoms. The van der Waals surface area contributed by atoms with Crippen LogP contribution in [-0.2, 0) is 4.79 Å². The maximum Gasteiger partial charge on any atom is 0.265 e.